The van der Waals surface area contributed by atoms with E-state index in [1.54, 1.807) is 19.9 Å². The Morgan fingerprint density at radius 2 is 2.07 bits per heavy atom. The van der Waals surface area contributed by atoms with Crippen LogP contribution in [0.25, 0.3) is 11.6 Å². The fraction of sp³-hybridized carbons (Fsp3) is 0.250. The van der Waals surface area contributed by atoms with Gasteiger partial charge in [-0.15, -0.1) is 0 Å². The second-order valence-electron chi connectivity index (χ2n) is 6.90. The SMILES string of the molecule is Cc1[nH]c(/C=C2\C(=O)Nc3ccc(F)cc32)c(C)c1C(=O)NCC(O)CC(N)=O. The number of rotatable bonds is 6. The Labute approximate surface area is 166 Å². The molecule has 0 aliphatic carbocycles. The van der Waals surface area contributed by atoms with Crippen LogP contribution in [0.2, 0.25) is 0 Å². The summed E-state index contributed by atoms with van der Waals surface area (Å²) in [6.45, 7) is 3.29. The fourth-order valence-electron chi connectivity index (χ4n) is 3.31. The Morgan fingerprint density at radius 1 is 1.34 bits per heavy atom. The Hall–Kier alpha value is -3.46. The van der Waals surface area contributed by atoms with E-state index in [1.165, 1.54) is 18.2 Å². The third kappa shape index (κ3) is 4.19. The molecule has 1 aliphatic rings. The van der Waals surface area contributed by atoms with Crippen LogP contribution in [-0.4, -0.2) is 40.5 Å². The Kier molecular flexibility index (Phi) is 5.51. The highest BCUT2D eigenvalue weighted by Gasteiger charge is 2.26. The van der Waals surface area contributed by atoms with E-state index in [2.05, 4.69) is 15.6 Å². The van der Waals surface area contributed by atoms with E-state index < -0.39 is 23.7 Å². The summed E-state index contributed by atoms with van der Waals surface area (Å²) in [5.41, 5.74) is 8.32. The Balaban J connectivity index is 1.86. The van der Waals surface area contributed by atoms with Crippen LogP contribution in [0.3, 0.4) is 0 Å². The number of aliphatic hydroxyl groups excluding tert-OH is 1. The minimum absolute atomic E-state index is 0.128. The monoisotopic (exact) mass is 400 g/mol. The average molecular weight is 400 g/mol. The Bertz CT molecular complexity index is 1040. The van der Waals surface area contributed by atoms with Crippen molar-refractivity contribution in [2.75, 3.05) is 11.9 Å². The third-order valence-corrected chi connectivity index (χ3v) is 4.69. The zero-order valence-corrected chi connectivity index (χ0v) is 15.9. The maximum atomic E-state index is 13.6. The summed E-state index contributed by atoms with van der Waals surface area (Å²) < 4.78 is 13.6. The molecule has 3 amide bonds. The number of anilines is 1. The van der Waals surface area contributed by atoms with Gasteiger partial charge in [-0.2, -0.15) is 0 Å². The van der Waals surface area contributed by atoms with E-state index in [0.717, 1.165) is 0 Å². The van der Waals surface area contributed by atoms with E-state index in [9.17, 15) is 23.9 Å². The molecule has 1 aliphatic heterocycles. The van der Waals surface area contributed by atoms with Crippen molar-refractivity contribution in [1.29, 1.82) is 0 Å². The highest BCUT2D eigenvalue weighted by atomic mass is 19.1. The summed E-state index contributed by atoms with van der Waals surface area (Å²) in [7, 11) is 0. The van der Waals surface area contributed by atoms with E-state index in [0.29, 0.717) is 33.8 Å². The second kappa shape index (κ2) is 7.88. The highest BCUT2D eigenvalue weighted by Crippen LogP contribution is 2.34. The molecule has 1 atom stereocenters. The zero-order valence-electron chi connectivity index (χ0n) is 15.9. The quantitative estimate of drug-likeness (QED) is 0.466. The molecule has 6 N–H and O–H groups in total. The van der Waals surface area contributed by atoms with Crippen LogP contribution in [0.15, 0.2) is 18.2 Å². The molecule has 1 aromatic heterocycles. The van der Waals surface area contributed by atoms with Crippen LogP contribution in [-0.2, 0) is 9.59 Å². The largest absolute Gasteiger partial charge is 0.391 e. The van der Waals surface area contributed by atoms with Crippen molar-refractivity contribution in [3.63, 3.8) is 0 Å². The number of carbonyl (C=O) groups excluding carboxylic acids is 3. The molecule has 3 rings (SSSR count). The number of nitrogens with two attached hydrogens (primary N) is 1. The number of halogens is 1. The molecule has 152 valence electrons. The lowest BCUT2D eigenvalue weighted by Gasteiger charge is -2.10. The molecule has 0 bridgehead atoms. The smallest absolute Gasteiger partial charge is 0.256 e. The zero-order chi connectivity index (χ0) is 21.3. The molecule has 1 unspecified atom stereocenters. The molecule has 1 aromatic carbocycles. The van der Waals surface area contributed by atoms with Crippen LogP contribution < -0.4 is 16.4 Å². The number of carbonyl (C=O) groups is 3. The topological polar surface area (TPSA) is 137 Å². The number of benzene rings is 1. The van der Waals surface area contributed by atoms with Gasteiger partial charge in [0.1, 0.15) is 5.82 Å². The first-order chi connectivity index (χ1) is 13.7. The van der Waals surface area contributed by atoms with Crippen LogP contribution >= 0.6 is 0 Å². The Morgan fingerprint density at radius 3 is 2.76 bits per heavy atom. The van der Waals surface area contributed by atoms with Gasteiger partial charge in [0, 0.05) is 29.2 Å². The predicted molar refractivity (Wildman–Crippen MR) is 105 cm³/mol. The van der Waals surface area contributed by atoms with Crippen molar-refractivity contribution in [2.45, 2.75) is 26.4 Å². The molecule has 2 heterocycles. The molecular formula is C20H21FN4O4. The minimum atomic E-state index is -1.08. The molecule has 8 nitrogen and oxygen atoms in total. The summed E-state index contributed by atoms with van der Waals surface area (Å²) in [5, 5.41) is 14.9. The second-order valence-corrected chi connectivity index (χ2v) is 6.90. The van der Waals surface area contributed by atoms with Crippen LogP contribution in [0.4, 0.5) is 10.1 Å². The van der Waals surface area contributed by atoms with Gasteiger partial charge in [-0.1, -0.05) is 0 Å². The van der Waals surface area contributed by atoms with Crippen LogP contribution in [0.5, 0.6) is 0 Å². The number of aryl methyl sites for hydroxylation is 1. The number of fused-ring (bicyclic) bond motifs is 1. The van der Waals surface area contributed by atoms with Crippen molar-refractivity contribution >= 4 is 35.1 Å². The summed E-state index contributed by atoms with van der Waals surface area (Å²) in [6.07, 6.45) is 0.237. The van der Waals surface area contributed by atoms with Gasteiger partial charge < -0.3 is 26.5 Å². The molecule has 9 heteroatoms. The molecule has 0 spiro atoms. The van der Waals surface area contributed by atoms with E-state index in [1.807, 2.05) is 0 Å². The normalized spacial score (nSPS) is 15.2. The van der Waals surface area contributed by atoms with Crippen LogP contribution in [0.1, 0.15) is 39.3 Å². The van der Waals surface area contributed by atoms with Gasteiger partial charge in [0.25, 0.3) is 11.8 Å². The van der Waals surface area contributed by atoms with Gasteiger partial charge >= 0.3 is 0 Å². The van der Waals surface area contributed by atoms with Gasteiger partial charge in [0.2, 0.25) is 5.91 Å². The molecular weight excluding hydrogens is 379 g/mol. The summed E-state index contributed by atoms with van der Waals surface area (Å²) in [5.74, 6) is -1.93. The van der Waals surface area contributed by atoms with Gasteiger partial charge in [0.15, 0.2) is 0 Å². The van der Waals surface area contributed by atoms with Gasteiger partial charge in [0.05, 0.1) is 23.7 Å². The van der Waals surface area contributed by atoms with Crippen molar-refractivity contribution in [3.8, 4) is 0 Å². The van der Waals surface area contributed by atoms with E-state index in [-0.39, 0.29) is 24.4 Å². The number of aliphatic hydroxyl groups is 1. The van der Waals surface area contributed by atoms with Crippen molar-refractivity contribution < 1.29 is 23.9 Å². The molecule has 0 radical (unpaired) electrons. The molecule has 0 saturated heterocycles. The molecule has 0 saturated carbocycles. The maximum Gasteiger partial charge on any atom is 0.256 e. The lowest BCUT2D eigenvalue weighted by atomic mass is 10.0. The number of H-pyrrole nitrogens is 1. The summed E-state index contributed by atoms with van der Waals surface area (Å²) >= 11 is 0. The number of primary amides is 1. The van der Waals surface area contributed by atoms with Crippen molar-refractivity contribution in [2.24, 2.45) is 5.73 Å². The number of hydrogen-bond acceptors (Lipinski definition) is 4. The van der Waals surface area contributed by atoms with Gasteiger partial charge in [-0.3, -0.25) is 14.4 Å². The first kappa shape index (κ1) is 20.3. The van der Waals surface area contributed by atoms with Gasteiger partial charge in [-0.25, -0.2) is 4.39 Å². The van der Waals surface area contributed by atoms with Crippen molar-refractivity contribution in [3.05, 3.63) is 52.1 Å². The van der Waals surface area contributed by atoms with Crippen LogP contribution in [0, 0.1) is 19.7 Å². The summed E-state index contributed by atoms with van der Waals surface area (Å²) in [6, 6.07) is 4.03. The molecule has 29 heavy (non-hydrogen) atoms. The lowest BCUT2D eigenvalue weighted by molar-refractivity contribution is -0.119. The summed E-state index contributed by atoms with van der Waals surface area (Å²) in [4.78, 5) is 38.7. The first-order valence-corrected chi connectivity index (χ1v) is 8.94. The number of nitrogens with one attached hydrogen (secondary N) is 3. The third-order valence-electron chi connectivity index (χ3n) is 4.69. The van der Waals surface area contributed by atoms with E-state index >= 15 is 0 Å². The standard InChI is InChI=1S/C20H21FN4O4/c1-9-16(7-14-13-5-11(21)3-4-15(13)25-19(14)28)24-10(2)18(9)20(29)23-8-12(26)6-17(22)27/h3-5,7,12,24,26H,6,8H2,1-2H3,(H2,22,27)(H,23,29)(H,25,28)/b14-7-. The number of aromatic nitrogens is 1. The highest BCUT2D eigenvalue weighted by molar-refractivity contribution is 6.34. The number of amides is 3. The van der Waals surface area contributed by atoms with Crippen molar-refractivity contribution in [1.82, 2.24) is 10.3 Å². The maximum absolute atomic E-state index is 13.6. The molecule has 0 fully saturated rings. The van der Waals surface area contributed by atoms with E-state index in [4.69, 9.17) is 5.73 Å². The number of hydrogen-bond donors (Lipinski definition) is 5. The molecule has 2 aromatic rings. The first-order valence-electron chi connectivity index (χ1n) is 8.94. The average Bonchev–Trinajstić information content (AvgIpc) is 3.08. The van der Waals surface area contributed by atoms with Gasteiger partial charge in [-0.05, 0) is 43.7 Å². The lowest BCUT2D eigenvalue weighted by Crippen LogP contribution is -2.34. The fourth-order valence-corrected chi connectivity index (χ4v) is 3.31. The number of aromatic amines is 1. The predicted octanol–water partition coefficient (Wildman–Crippen LogP) is 1.23. The minimum Gasteiger partial charge on any atom is -0.391 e.